The Morgan fingerprint density at radius 1 is 1.17 bits per heavy atom. The van der Waals surface area contributed by atoms with E-state index < -0.39 is 0 Å². The van der Waals surface area contributed by atoms with Crippen molar-refractivity contribution in [2.24, 2.45) is 0 Å². The van der Waals surface area contributed by atoms with E-state index in [0.717, 1.165) is 26.9 Å². The predicted molar refractivity (Wildman–Crippen MR) is 97.3 cm³/mol. The van der Waals surface area contributed by atoms with E-state index in [2.05, 4.69) is 31.7 Å². The summed E-state index contributed by atoms with van der Waals surface area (Å²) in [5.41, 5.74) is 1.72. The second-order valence-corrected chi connectivity index (χ2v) is 6.49. The third kappa shape index (κ3) is 3.02. The zero-order chi connectivity index (χ0) is 16.5. The van der Waals surface area contributed by atoms with Crippen molar-refractivity contribution >= 4 is 50.0 Å². The number of rotatable bonds is 3. The number of nitrogens with zero attached hydrogens (tertiary/aromatic N) is 1. The SMILES string of the molecule is S=C(NCc1ccc2c(c1)OCO2)Nc1noc2cc(Br)ccc12. The molecule has 0 bridgehead atoms. The number of aromatic nitrogens is 1. The molecule has 0 amide bonds. The van der Waals surface area contributed by atoms with Crippen molar-refractivity contribution in [1.82, 2.24) is 10.5 Å². The Morgan fingerprint density at radius 2 is 2.04 bits per heavy atom. The summed E-state index contributed by atoms with van der Waals surface area (Å²) >= 11 is 8.72. The van der Waals surface area contributed by atoms with Crippen molar-refractivity contribution in [2.45, 2.75) is 6.54 Å². The zero-order valence-corrected chi connectivity index (χ0v) is 14.7. The summed E-state index contributed by atoms with van der Waals surface area (Å²) in [6.45, 7) is 0.825. The molecule has 1 aliphatic heterocycles. The smallest absolute Gasteiger partial charge is 0.231 e. The number of halogens is 1. The summed E-state index contributed by atoms with van der Waals surface area (Å²) in [7, 11) is 0. The lowest BCUT2D eigenvalue weighted by atomic mass is 10.2. The van der Waals surface area contributed by atoms with E-state index in [-0.39, 0.29) is 6.79 Å². The summed E-state index contributed by atoms with van der Waals surface area (Å²) in [6, 6.07) is 11.5. The topological polar surface area (TPSA) is 68.5 Å². The molecule has 1 aliphatic rings. The third-order valence-electron chi connectivity index (χ3n) is 3.56. The van der Waals surface area contributed by atoms with Gasteiger partial charge < -0.3 is 24.6 Å². The minimum Gasteiger partial charge on any atom is -0.454 e. The molecule has 0 radical (unpaired) electrons. The quantitative estimate of drug-likeness (QED) is 0.642. The van der Waals surface area contributed by atoms with E-state index in [1.54, 1.807) is 0 Å². The largest absolute Gasteiger partial charge is 0.454 e. The number of hydrogen-bond donors (Lipinski definition) is 2. The van der Waals surface area contributed by atoms with Crippen LogP contribution in [0.2, 0.25) is 0 Å². The van der Waals surface area contributed by atoms with Crippen molar-refractivity contribution in [3.63, 3.8) is 0 Å². The first-order chi connectivity index (χ1) is 11.7. The monoisotopic (exact) mass is 405 g/mol. The van der Waals surface area contributed by atoms with Crippen molar-refractivity contribution in [1.29, 1.82) is 0 Å². The fourth-order valence-electron chi connectivity index (χ4n) is 2.39. The van der Waals surface area contributed by atoms with Gasteiger partial charge in [0, 0.05) is 11.0 Å². The van der Waals surface area contributed by atoms with Gasteiger partial charge in [-0.2, -0.15) is 0 Å². The maximum atomic E-state index is 5.36. The summed E-state index contributed by atoms with van der Waals surface area (Å²) in [4.78, 5) is 0. The van der Waals surface area contributed by atoms with Crippen molar-refractivity contribution in [3.8, 4) is 11.5 Å². The summed E-state index contributed by atoms with van der Waals surface area (Å²) < 4.78 is 16.9. The maximum Gasteiger partial charge on any atom is 0.231 e. The van der Waals surface area contributed by atoms with Crippen LogP contribution in [0.25, 0.3) is 11.0 Å². The number of anilines is 1. The lowest BCUT2D eigenvalue weighted by Crippen LogP contribution is -2.28. The first-order valence-electron chi connectivity index (χ1n) is 7.17. The van der Waals surface area contributed by atoms with Crippen LogP contribution in [0.3, 0.4) is 0 Å². The van der Waals surface area contributed by atoms with E-state index in [4.69, 9.17) is 26.2 Å². The van der Waals surface area contributed by atoms with Gasteiger partial charge in [-0.15, -0.1) is 0 Å². The molecule has 3 aromatic rings. The molecule has 0 aliphatic carbocycles. The number of hydrogen-bond acceptors (Lipinski definition) is 5. The summed E-state index contributed by atoms with van der Waals surface area (Å²) in [6.07, 6.45) is 0. The average molecular weight is 406 g/mol. The Bertz CT molecular complexity index is 928. The first kappa shape index (κ1) is 15.2. The van der Waals surface area contributed by atoms with Crippen LogP contribution in [0.15, 0.2) is 45.4 Å². The van der Waals surface area contributed by atoms with Gasteiger partial charge in [-0.05, 0) is 48.1 Å². The molecule has 0 fully saturated rings. The molecule has 8 heteroatoms. The average Bonchev–Trinajstić information content (AvgIpc) is 3.19. The molecule has 1 aromatic heterocycles. The van der Waals surface area contributed by atoms with Crippen LogP contribution in [-0.4, -0.2) is 17.1 Å². The van der Waals surface area contributed by atoms with Crippen LogP contribution in [0.1, 0.15) is 5.56 Å². The Hall–Kier alpha value is -2.32. The fraction of sp³-hybridized carbons (Fsp3) is 0.125. The van der Waals surface area contributed by atoms with E-state index in [1.807, 2.05) is 36.4 Å². The molecule has 4 rings (SSSR count). The van der Waals surface area contributed by atoms with Gasteiger partial charge in [0.1, 0.15) is 0 Å². The predicted octanol–water partition coefficient (Wildman–Crippen LogP) is 3.81. The number of nitrogens with one attached hydrogen (secondary N) is 2. The van der Waals surface area contributed by atoms with Crippen molar-refractivity contribution < 1.29 is 14.0 Å². The van der Waals surface area contributed by atoms with Crippen molar-refractivity contribution in [2.75, 3.05) is 12.1 Å². The molecular weight excluding hydrogens is 394 g/mol. The first-order valence-corrected chi connectivity index (χ1v) is 8.37. The van der Waals surface area contributed by atoms with Crippen LogP contribution >= 0.6 is 28.1 Å². The van der Waals surface area contributed by atoms with Crippen LogP contribution in [-0.2, 0) is 6.54 Å². The van der Waals surface area contributed by atoms with Crippen molar-refractivity contribution in [3.05, 3.63) is 46.4 Å². The molecule has 0 atom stereocenters. The van der Waals surface area contributed by atoms with Crippen LogP contribution < -0.4 is 20.1 Å². The molecule has 0 saturated carbocycles. The van der Waals surface area contributed by atoms with Crippen LogP contribution in [0, 0.1) is 0 Å². The van der Waals surface area contributed by atoms with E-state index >= 15 is 0 Å². The van der Waals surface area contributed by atoms with Crippen LogP contribution in [0.5, 0.6) is 11.5 Å². The molecule has 0 saturated heterocycles. The Labute approximate surface area is 151 Å². The van der Waals surface area contributed by atoms with E-state index in [1.165, 1.54) is 0 Å². The lowest BCUT2D eigenvalue weighted by molar-refractivity contribution is 0.174. The fourth-order valence-corrected chi connectivity index (χ4v) is 2.90. The van der Waals surface area contributed by atoms with Crippen LogP contribution in [0.4, 0.5) is 5.82 Å². The van der Waals surface area contributed by atoms with Gasteiger partial charge in [0.05, 0.1) is 5.39 Å². The highest BCUT2D eigenvalue weighted by Crippen LogP contribution is 2.32. The van der Waals surface area contributed by atoms with E-state index in [0.29, 0.717) is 23.1 Å². The normalized spacial score (nSPS) is 12.4. The van der Waals surface area contributed by atoms with Gasteiger partial charge in [-0.1, -0.05) is 27.2 Å². The maximum absolute atomic E-state index is 5.36. The molecular formula is C16H12BrN3O3S. The Morgan fingerprint density at radius 3 is 2.96 bits per heavy atom. The zero-order valence-electron chi connectivity index (χ0n) is 12.3. The number of thiocarbonyl (C=S) groups is 1. The van der Waals surface area contributed by atoms with Gasteiger partial charge >= 0.3 is 0 Å². The highest BCUT2D eigenvalue weighted by Gasteiger charge is 2.13. The minimum atomic E-state index is 0.265. The Balaban J connectivity index is 1.41. The molecule has 2 heterocycles. The highest BCUT2D eigenvalue weighted by atomic mass is 79.9. The molecule has 24 heavy (non-hydrogen) atoms. The van der Waals surface area contributed by atoms with Gasteiger partial charge in [0.2, 0.25) is 6.79 Å². The molecule has 6 nitrogen and oxygen atoms in total. The number of fused-ring (bicyclic) bond motifs is 2. The number of ether oxygens (including phenoxy) is 2. The summed E-state index contributed by atoms with van der Waals surface area (Å²) in [5.74, 6) is 2.10. The molecule has 0 spiro atoms. The van der Waals surface area contributed by atoms with Gasteiger partial charge in [0.15, 0.2) is 28.0 Å². The van der Waals surface area contributed by atoms with Gasteiger partial charge in [0.25, 0.3) is 0 Å². The summed E-state index contributed by atoms with van der Waals surface area (Å²) in [5, 5.41) is 11.5. The highest BCUT2D eigenvalue weighted by molar-refractivity contribution is 9.10. The second kappa shape index (κ2) is 6.29. The minimum absolute atomic E-state index is 0.265. The van der Waals surface area contributed by atoms with Gasteiger partial charge in [-0.3, -0.25) is 0 Å². The second-order valence-electron chi connectivity index (χ2n) is 5.17. The molecule has 2 N–H and O–H groups in total. The number of benzene rings is 2. The lowest BCUT2D eigenvalue weighted by Gasteiger charge is -2.09. The molecule has 122 valence electrons. The standard InChI is InChI=1S/C16H12BrN3O3S/c17-10-2-3-11-13(6-10)23-20-15(11)19-16(24)18-7-9-1-4-12-14(5-9)22-8-21-12/h1-6H,7-8H2,(H2,18,19,20,24). The van der Waals surface area contributed by atoms with Gasteiger partial charge in [-0.25, -0.2) is 0 Å². The molecule has 2 aromatic carbocycles. The van der Waals surface area contributed by atoms with E-state index in [9.17, 15) is 0 Å². The molecule has 0 unspecified atom stereocenters. The third-order valence-corrected chi connectivity index (χ3v) is 4.30. The Kier molecular flexibility index (Phi) is 3.99.